The van der Waals surface area contributed by atoms with Gasteiger partial charge < -0.3 is 20.1 Å². The van der Waals surface area contributed by atoms with Crippen molar-refractivity contribution in [3.05, 3.63) is 57.6 Å². The maximum absolute atomic E-state index is 12.5. The fourth-order valence-corrected chi connectivity index (χ4v) is 2.70. The maximum atomic E-state index is 12.5. The van der Waals surface area contributed by atoms with Crippen molar-refractivity contribution in [3.8, 4) is 17.6 Å². The summed E-state index contributed by atoms with van der Waals surface area (Å²) < 4.78 is 10.7. The summed E-state index contributed by atoms with van der Waals surface area (Å²) in [7, 11) is 0. The van der Waals surface area contributed by atoms with Crippen LogP contribution in [0.5, 0.6) is 11.5 Å². The van der Waals surface area contributed by atoms with E-state index in [4.69, 9.17) is 9.47 Å². The van der Waals surface area contributed by atoms with Crippen molar-refractivity contribution in [2.75, 3.05) is 23.8 Å². The van der Waals surface area contributed by atoms with Gasteiger partial charge in [-0.3, -0.25) is 19.7 Å². The summed E-state index contributed by atoms with van der Waals surface area (Å²) in [5.74, 6) is -0.570. The standard InChI is InChI=1S/C20H16N4O6/c1-12(25)22-15-4-2-13(3-5-15)8-14(11-21)20(26)23-16-9-18-19(30-7-6-29-18)10-17(16)24(27)28/h2-5,8-10H,6-7H2,1H3,(H,22,25)(H,23,26)/b14-8+. The minimum atomic E-state index is -0.816. The Bertz CT molecular complexity index is 1090. The quantitative estimate of drug-likeness (QED) is 0.335. The molecule has 152 valence electrons. The van der Waals surface area contributed by atoms with Crippen LogP contribution in [0.3, 0.4) is 0 Å². The highest BCUT2D eigenvalue weighted by Gasteiger charge is 2.24. The molecule has 10 nitrogen and oxygen atoms in total. The Labute approximate surface area is 170 Å². The summed E-state index contributed by atoms with van der Waals surface area (Å²) in [6.45, 7) is 1.91. The summed E-state index contributed by atoms with van der Waals surface area (Å²) in [5, 5.41) is 25.7. The number of amides is 2. The van der Waals surface area contributed by atoms with Crippen LogP contribution in [0, 0.1) is 21.4 Å². The van der Waals surface area contributed by atoms with Gasteiger partial charge in [-0.1, -0.05) is 12.1 Å². The van der Waals surface area contributed by atoms with Crippen molar-refractivity contribution >= 4 is 35.0 Å². The summed E-state index contributed by atoms with van der Waals surface area (Å²) in [6, 6.07) is 10.7. The van der Waals surface area contributed by atoms with Crippen LogP contribution >= 0.6 is 0 Å². The lowest BCUT2D eigenvalue weighted by molar-refractivity contribution is -0.384. The minimum absolute atomic E-state index is 0.114. The maximum Gasteiger partial charge on any atom is 0.296 e. The van der Waals surface area contributed by atoms with Crippen LogP contribution < -0.4 is 20.1 Å². The van der Waals surface area contributed by atoms with E-state index in [1.807, 2.05) is 0 Å². The number of benzene rings is 2. The van der Waals surface area contributed by atoms with Gasteiger partial charge >= 0.3 is 0 Å². The summed E-state index contributed by atoms with van der Waals surface area (Å²) in [4.78, 5) is 34.3. The van der Waals surface area contributed by atoms with Crippen molar-refractivity contribution in [2.45, 2.75) is 6.92 Å². The number of hydrogen-bond acceptors (Lipinski definition) is 7. The molecule has 2 N–H and O–H groups in total. The molecule has 0 spiro atoms. The molecule has 0 bridgehead atoms. The van der Waals surface area contributed by atoms with E-state index >= 15 is 0 Å². The number of rotatable bonds is 5. The van der Waals surface area contributed by atoms with Crippen LogP contribution in [-0.4, -0.2) is 30.0 Å². The molecular weight excluding hydrogens is 392 g/mol. The number of nitro benzene ring substituents is 1. The molecule has 1 aliphatic heterocycles. The zero-order chi connectivity index (χ0) is 21.7. The van der Waals surface area contributed by atoms with Crippen molar-refractivity contribution in [1.82, 2.24) is 0 Å². The zero-order valence-electron chi connectivity index (χ0n) is 15.8. The third-order valence-electron chi connectivity index (χ3n) is 4.01. The minimum Gasteiger partial charge on any atom is -0.486 e. The Hall–Kier alpha value is -4.39. The molecular formula is C20H16N4O6. The molecule has 2 amide bonds. The molecule has 0 atom stereocenters. The van der Waals surface area contributed by atoms with E-state index < -0.39 is 10.8 Å². The van der Waals surface area contributed by atoms with Gasteiger partial charge in [0.05, 0.1) is 11.0 Å². The van der Waals surface area contributed by atoms with E-state index in [1.54, 1.807) is 30.3 Å². The molecule has 2 aromatic carbocycles. The normalized spacial score (nSPS) is 12.5. The van der Waals surface area contributed by atoms with Crippen molar-refractivity contribution in [1.29, 1.82) is 5.26 Å². The molecule has 2 aromatic rings. The number of nitrogens with zero attached hydrogens (tertiary/aromatic N) is 2. The number of hydrogen-bond donors (Lipinski definition) is 2. The molecule has 0 fully saturated rings. The second kappa shape index (κ2) is 8.74. The highest BCUT2D eigenvalue weighted by Crippen LogP contribution is 2.39. The number of ether oxygens (including phenoxy) is 2. The van der Waals surface area contributed by atoms with Gasteiger partial charge in [-0.15, -0.1) is 0 Å². The van der Waals surface area contributed by atoms with Crippen LogP contribution in [0.2, 0.25) is 0 Å². The van der Waals surface area contributed by atoms with Gasteiger partial charge in [-0.2, -0.15) is 5.26 Å². The molecule has 30 heavy (non-hydrogen) atoms. The lowest BCUT2D eigenvalue weighted by Gasteiger charge is -2.19. The molecule has 1 aliphatic rings. The van der Waals surface area contributed by atoms with Crippen molar-refractivity contribution < 1.29 is 24.0 Å². The zero-order valence-corrected chi connectivity index (χ0v) is 15.8. The van der Waals surface area contributed by atoms with Gasteiger partial charge in [0.1, 0.15) is 30.5 Å². The topological polar surface area (TPSA) is 144 Å². The van der Waals surface area contributed by atoms with Crippen LogP contribution in [0.4, 0.5) is 17.1 Å². The van der Waals surface area contributed by atoms with Gasteiger partial charge in [-0.25, -0.2) is 0 Å². The number of carbonyl (C=O) groups excluding carboxylic acids is 2. The smallest absolute Gasteiger partial charge is 0.296 e. The van der Waals surface area contributed by atoms with Gasteiger partial charge in [0.15, 0.2) is 11.5 Å². The van der Waals surface area contributed by atoms with Crippen LogP contribution in [0.1, 0.15) is 12.5 Å². The Kier molecular flexibility index (Phi) is 5.93. The molecule has 0 saturated carbocycles. The van der Waals surface area contributed by atoms with Crippen LogP contribution in [0.15, 0.2) is 42.0 Å². The molecule has 0 saturated heterocycles. The molecule has 1 heterocycles. The highest BCUT2D eigenvalue weighted by molar-refractivity contribution is 6.10. The number of nitriles is 1. The second-order valence-electron chi connectivity index (χ2n) is 6.20. The molecule has 3 rings (SSSR count). The Morgan fingerprint density at radius 3 is 2.33 bits per heavy atom. The molecule has 0 aliphatic carbocycles. The van der Waals surface area contributed by atoms with Crippen molar-refractivity contribution in [2.24, 2.45) is 0 Å². The average Bonchev–Trinajstić information content (AvgIpc) is 2.72. The number of nitro groups is 1. The van der Waals surface area contributed by atoms with Gasteiger partial charge in [0, 0.05) is 18.7 Å². The Morgan fingerprint density at radius 2 is 1.77 bits per heavy atom. The fraction of sp³-hybridized carbons (Fsp3) is 0.150. The number of fused-ring (bicyclic) bond motifs is 1. The summed E-state index contributed by atoms with van der Waals surface area (Å²) in [5.41, 5.74) is 0.342. The van der Waals surface area contributed by atoms with Gasteiger partial charge in [0.2, 0.25) is 5.91 Å². The molecule has 10 heteroatoms. The molecule has 0 radical (unpaired) electrons. The van der Waals surface area contributed by atoms with Crippen molar-refractivity contribution in [3.63, 3.8) is 0 Å². The first-order chi connectivity index (χ1) is 14.4. The van der Waals surface area contributed by atoms with Crippen LogP contribution in [0.25, 0.3) is 6.08 Å². The lowest BCUT2D eigenvalue weighted by Crippen LogP contribution is -2.18. The molecule has 0 unspecified atom stereocenters. The first-order valence-corrected chi connectivity index (χ1v) is 8.76. The highest BCUT2D eigenvalue weighted by atomic mass is 16.6. The fourth-order valence-electron chi connectivity index (χ4n) is 2.70. The van der Waals surface area contributed by atoms with E-state index in [-0.39, 0.29) is 47.6 Å². The van der Waals surface area contributed by atoms with Gasteiger partial charge in [0.25, 0.3) is 11.6 Å². The van der Waals surface area contributed by atoms with Gasteiger partial charge in [-0.05, 0) is 23.8 Å². The van der Waals surface area contributed by atoms with E-state index in [1.165, 1.54) is 25.1 Å². The van der Waals surface area contributed by atoms with E-state index in [0.717, 1.165) is 0 Å². The van der Waals surface area contributed by atoms with Crippen LogP contribution in [-0.2, 0) is 9.59 Å². The predicted molar refractivity (Wildman–Crippen MR) is 107 cm³/mol. The number of carbonyl (C=O) groups is 2. The number of nitrogens with one attached hydrogen (secondary N) is 2. The second-order valence-corrected chi connectivity index (χ2v) is 6.20. The molecule has 0 aromatic heterocycles. The third kappa shape index (κ3) is 4.71. The summed E-state index contributed by atoms with van der Waals surface area (Å²) >= 11 is 0. The van der Waals surface area contributed by atoms with E-state index in [2.05, 4.69) is 10.6 Å². The SMILES string of the molecule is CC(=O)Nc1ccc(/C=C(\C#N)C(=O)Nc2cc3c(cc2[N+](=O)[O-])OCCO3)cc1. The predicted octanol–water partition coefficient (Wildman–Crippen LogP) is 2.87. The first-order valence-electron chi connectivity index (χ1n) is 8.76. The van der Waals surface area contributed by atoms with E-state index in [9.17, 15) is 25.0 Å². The lowest BCUT2D eigenvalue weighted by atomic mass is 10.1. The Morgan fingerprint density at radius 1 is 1.13 bits per heavy atom. The Balaban J connectivity index is 1.85. The average molecular weight is 408 g/mol. The van der Waals surface area contributed by atoms with E-state index in [0.29, 0.717) is 11.3 Å². The largest absolute Gasteiger partial charge is 0.486 e. The first kappa shape index (κ1) is 20.3. The number of anilines is 2. The monoisotopic (exact) mass is 408 g/mol. The third-order valence-corrected chi connectivity index (χ3v) is 4.01. The summed E-state index contributed by atoms with van der Waals surface area (Å²) in [6.07, 6.45) is 1.33.